The van der Waals surface area contributed by atoms with Crippen LogP contribution in [0.4, 0.5) is 23.4 Å². The van der Waals surface area contributed by atoms with Crippen LogP contribution in [0.1, 0.15) is 12.0 Å². The van der Waals surface area contributed by atoms with Crippen molar-refractivity contribution in [1.29, 1.82) is 5.26 Å². The van der Waals surface area contributed by atoms with Crippen LogP contribution in [-0.4, -0.2) is 90.3 Å². The number of amides is 1. The fourth-order valence-corrected chi connectivity index (χ4v) is 4.67. The summed E-state index contributed by atoms with van der Waals surface area (Å²) in [6.07, 6.45) is 7.06. The smallest absolute Gasteiger partial charge is 0.250 e. The Morgan fingerprint density at radius 2 is 1.92 bits per heavy atom. The van der Waals surface area contributed by atoms with Crippen molar-refractivity contribution in [1.82, 2.24) is 24.8 Å². The molecule has 38 heavy (non-hydrogen) atoms. The monoisotopic (exact) mass is 510 g/mol. The number of likely N-dealkylation sites (N-methyl/N-ethyl adjacent to an activating group) is 2. The lowest BCUT2D eigenvalue weighted by atomic mass is 10.1. The van der Waals surface area contributed by atoms with Gasteiger partial charge in [-0.15, -0.1) is 0 Å². The Labute approximate surface area is 221 Å². The van der Waals surface area contributed by atoms with Crippen LogP contribution < -0.4 is 14.7 Å². The van der Waals surface area contributed by atoms with E-state index in [0.29, 0.717) is 17.5 Å². The second-order valence-corrected chi connectivity index (χ2v) is 9.60. The average Bonchev–Trinajstić information content (AvgIpc) is 3.44. The van der Waals surface area contributed by atoms with Crippen molar-refractivity contribution >= 4 is 46.4 Å². The molecular weight excluding hydrogens is 480 g/mol. The summed E-state index contributed by atoms with van der Waals surface area (Å²) >= 11 is 0. The normalized spacial score (nSPS) is 18.2. The van der Waals surface area contributed by atoms with E-state index in [2.05, 4.69) is 43.3 Å². The van der Waals surface area contributed by atoms with E-state index in [0.717, 1.165) is 68.1 Å². The number of carbonyl (C=O) groups excluding carboxylic acids is 1. The van der Waals surface area contributed by atoms with E-state index in [1.54, 1.807) is 11.9 Å². The molecule has 0 N–H and O–H groups in total. The van der Waals surface area contributed by atoms with Gasteiger partial charge < -0.3 is 19.6 Å². The molecule has 0 aliphatic carbocycles. The van der Waals surface area contributed by atoms with Gasteiger partial charge in [0.25, 0.3) is 0 Å². The van der Waals surface area contributed by atoms with Crippen LogP contribution in [0.2, 0.25) is 0 Å². The number of piperazine rings is 1. The fraction of sp³-hybridized carbons (Fsp3) is 0.370. The van der Waals surface area contributed by atoms with Gasteiger partial charge in [0.05, 0.1) is 23.5 Å². The van der Waals surface area contributed by atoms with E-state index in [1.165, 1.54) is 18.5 Å². The second kappa shape index (κ2) is 10.9. The molecule has 1 atom stereocenters. The zero-order valence-electron chi connectivity index (χ0n) is 21.7. The van der Waals surface area contributed by atoms with Gasteiger partial charge in [0.2, 0.25) is 17.8 Å². The molecule has 11 nitrogen and oxygen atoms in total. The van der Waals surface area contributed by atoms with Crippen molar-refractivity contribution in [3.63, 3.8) is 0 Å². The summed E-state index contributed by atoms with van der Waals surface area (Å²) in [6.45, 7) is 8.80. The third kappa shape index (κ3) is 5.31. The van der Waals surface area contributed by atoms with Gasteiger partial charge in [-0.05, 0) is 37.7 Å². The van der Waals surface area contributed by atoms with Gasteiger partial charge in [-0.3, -0.25) is 4.79 Å². The van der Waals surface area contributed by atoms with Gasteiger partial charge in [0, 0.05) is 69.5 Å². The largest absolute Gasteiger partial charge is 0.355 e. The molecule has 194 valence electrons. The number of rotatable bonds is 6. The lowest BCUT2D eigenvalue weighted by Gasteiger charge is -2.33. The van der Waals surface area contributed by atoms with Gasteiger partial charge in [0.1, 0.15) is 11.9 Å². The molecule has 1 aromatic carbocycles. The number of hydrogen-bond acceptors (Lipinski definition) is 10. The highest BCUT2D eigenvalue weighted by Crippen LogP contribution is 2.32. The van der Waals surface area contributed by atoms with Crippen LogP contribution in [0.5, 0.6) is 0 Å². The number of hydrogen-bond donors (Lipinski definition) is 0. The molecule has 2 aromatic heterocycles. The molecule has 1 amide bonds. The maximum absolute atomic E-state index is 12.2. The Morgan fingerprint density at radius 1 is 1.16 bits per heavy atom. The minimum atomic E-state index is -0.175. The highest BCUT2D eigenvalue weighted by Gasteiger charge is 2.26. The highest BCUT2D eigenvalue weighted by molar-refractivity contribution is 6.02. The van der Waals surface area contributed by atoms with Crippen molar-refractivity contribution in [3.8, 4) is 6.07 Å². The predicted molar refractivity (Wildman–Crippen MR) is 148 cm³/mol. The maximum Gasteiger partial charge on any atom is 0.250 e. The maximum atomic E-state index is 12.2. The lowest BCUT2D eigenvalue weighted by Crippen LogP contribution is -2.45. The third-order valence-electron chi connectivity index (χ3n) is 7.02. The summed E-state index contributed by atoms with van der Waals surface area (Å²) in [5.41, 5.74) is 1.96. The van der Waals surface area contributed by atoms with Crippen LogP contribution in [0.15, 0.2) is 48.2 Å². The number of nitrogens with zero attached hydrogens (tertiary/aromatic N) is 10. The zero-order valence-corrected chi connectivity index (χ0v) is 21.7. The number of nitriles is 1. The number of aromatic nitrogens is 4. The minimum absolute atomic E-state index is 0.175. The molecule has 1 unspecified atom stereocenters. The molecule has 3 aromatic rings. The number of carbonyl (C=O) groups is 1. The Bertz CT molecular complexity index is 1410. The number of aliphatic imine (C=N–C) groups is 1. The highest BCUT2D eigenvalue weighted by atomic mass is 16.2. The van der Waals surface area contributed by atoms with Gasteiger partial charge in [0.15, 0.2) is 0 Å². The summed E-state index contributed by atoms with van der Waals surface area (Å²) in [6, 6.07) is 7.87. The molecule has 0 spiro atoms. The van der Waals surface area contributed by atoms with Crippen LogP contribution in [-0.2, 0) is 4.79 Å². The molecule has 2 fully saturated rings. The van der Waals surface area contributed by atoms with E-state index in [1.807, 2.05) is 30.5 Å². The van der Waals surface area contributed by atoms with E-state index in [-0.39, 0.29) is 11.8 Å². The van der Waals surface area contributed by atoms with Gasteiger partial charge >= 0.3 is 0 Å². The van der Waals surface area contributed by atoms with Gasteiger partial charge in [-0.25, -0.2) is 19.9 Å². The summed E-state index contributed by atoms with van der Waals surface area (Å²) in [4.78, 5) is 43.3. The minimum Gasteiger partial charge on any atom is -0.355 e. The lowest BCUT2D eigenvalue weighted by molar-refractivity contribution is -0.113. The van der Waals surface area contributed by atoms with E-state index in [4.69, 9.17) is 15.2 Å². The summed E-state index contributed by atoms with van der Waals surface area (Å²) in [7, 11) is 3.86. The third-order valence-corrected chi connectivity index (χ3v) is 7.02. The molecule has 4 heterocycles. The molecule has 11 heteroatoms. The van der Waals surface area contributed by atoms with Crippen LogP contribution in [0, 0.1) is 17.2 Å². The molecule has 2 aliphatic heterocycles. The Morgan fingerprint density at radius 3 is 2.63 bits per heavy atom. The van der Waals surface area contributed by atoms with Crippen molar-refractivity contribution < 1.29 is 4.79 Å². The van der Waals surface area contributed by atoms with Crippen LogP contribution >= 0.6 is 0 Å². The topological polar surface area (TPSA) is 118 Å². The molecule has 0 radical (unpaired) electrons. The first-order valence-electron chi connectivity index (χ1n) is 12.6. The molecule has 5 rings (SSSR count). The van der Waals surface area contributed by atoms with E-state index < -0.39 is 0 Å². The summed E-state index contributed by atoms with van der Waals surface area (Å²) in [5.74, 6) is 1.98. The first-order valence-corrected chi connectivity index (χ1v) is 12.6. The predicted octanol–water partition coefficient (Wildman–Crippen LogP) is 2.42. The first kappa shape index (κ1) is 25.2. The fourth-order valence-electron chi connectivity index (χ4n) is 4.67. The Kier molecular flexibility index (Phi) is 7.24. The van der Waals surface area contributed by atoms with Gasteiger partial charge in [-0.1, -0.05) is 6.58 Å². The van der Waals surface area contributed by atoms with Crippen molar-refractivity contribution in [3.05, 3.63) is 48.8 Å². The molecule has 0 bridgehead atoms. The SMILES string of the molecule is C=CC(=O)N(C)c1ccc2c(N3CCC(C=Nc4ncc(C#N)cn4)C3)nc(N3CCN(C)CC3)nc2c1. The molecule has 2 saturated heterocycles. The van der Waals surface area contributed by atoms with Crippen LogP contribution in [0.25, 0.3) is 10.9 Å². The standard InChI is InChI=1S/C27H30N10O/c1-4-24(38)35(3)21-5-6-22-23(13-21)32-27(36-11-9-34(2)10-12-36)33-25(22)37-8-7-19(18-37)15-29-26-30-16-20(14-28)17-31-26/h4-6,13,15-17,19H,1,7-12,18H2,2-3H3. The summed E-state index contributed by atoms with van der Waals surface area (Å²) in [5, 5.41) is 9.87. The second-order valence-electron chi connectivity index (χ2n) is 9.60. The zero-order chi connectivity index (χ0) is 26.6. The average molecular weight is 511 g/mol. The van der Waals surface area contributed by atoms with Crippen LogP contribution in [0.3, 0.4) is 0 Å². The van der Waals surface area contributed by atoms with Gasteiger partial charge in [-0.2, -0.15) is 10.2 Å². The Hall–Kier alpha value is -4.43. The first-order chi connectivity index (χ1) is 18.4. The van der Waals surface area contributed by atoms with Crippen molar-refractivity contribution in [2.24, 2.45) is 10.9 Å². The number of fused-ring (bicyclic) bond motifs is 1. The molecule has 0 saturated carbocycles. The van der Waals surface area contributed by atoms with E-state index in [9.17, 15) is 4.79 Å². The quantitative estimate of drug-likeness (QED) is 0.364. The number of anilines is 3. The molecular formula is C27H30N10O. The Balaban J connectivity index is 1.44. The number of benzene rings is 1. The molecule has 2 aliphatic rings. The van der Waals surface area contributed by atoms with E-state index >= 15 is 0 Å². The van der Waals surface area contributed by atoms with Crippen molar-refractivity contribution in [2.45, 2.75) is 6.42 Å². The summed E-state index contributed by atoms with van der Waals surface area (Å²) < 4.78 is 0. The van der Waals surface area contributed by atoms with Crippen molar-refractivity contribution in [2.75, 3.05) is 68.1 Å².